The first-order valence-electron chi connectivity index (χ1n) is 7.59. The molecule has 6 nitrogen and oxygen atoms in total. The van der Waals surface area contributed by atoms with E-state index in [9.17, 15) is 13.2 Å². The SMILES string of the molecule is Cc1occc1C(=O)Nc1cccc(S(=O)(=O)Nc2ccc(Cl)cc2)c1. The van der Waals surface area contributed by atoms with Gasteiger partial charge in [-0.25, -0.2) is 8.42 Å². The molecule has 2 N–H and O–H groups in total. The van der Waals surface area contributed by atoms with Gasteiger partial charge in [0.1, 0.15) is 5.76 Å². The molecule has 1 heterocycles. The zero-order chi connectivity index (χ0) is 18.7. The number of hydrogen-bond donors (Lipinski definition) is 2. The normalized spacial score (nSPS) is 11.2. The molecule has 0 aliphatic heterocycles. The van der Waals surface area contributed by atoms with Crippen molar-refractivity contribution < 1.29 is 17.6 Å². The van der Waals surface area contributed by atoms with E-state index in [1.54, 1.807) is 49.4 Å². The van der Waals surface area contributed by atoms with Crippen LogP contribution >= 0.6 is 11.6 Å². The van der Waals surface area contributed by atoms with Crippen LogP contribution in [0.15, 0.2) is 70.2 Å². The van der Waals surface area contributed by atoms with E-state index in [2.05, 4.69) is 10.0 Å². The summed E-state index contributed by atoms with van der Waals surface area (Å²) in [6.07, 6.45) is 1.42. The molecule has 0 bridgehead atoms. The van der Waals surface area contributed by atoms with Crippen molar-refractivity contribution in [2.45, 2.75) is 11.8 Å². The number of anilines is 2. The van der Waals surface area contributed by atoms with Crippen molar-refractivity contribution in [1.29, 1.82) is 0 Å². The molecule has 0 radical (unpaired) electrons. The van der Waals surface area contributed by atoms with E-state index in [-0.39, 0.29) is 10.8 Å². The average molecular weight is 391 g/mol. The maximum Gasteiger partial charge on any atom is 0.261 e. The van der Waals surface area contributed by atoms with Crippen molar-refractivity contribution >= 4 is 38.9 Å². The molecule has 0 saturated carbocycles. The van der Waals surface area contributed by atoms with Gasteiger partial charge in [-0.05, 0) is 55.5 Å². The van der Waals surface area contributed by atoms with Crippen molar-refractivity contribution in [1.82, 2.24) is 0 Å². The number of aryl methyl sites for hydroxylation is 1. The van der Waals surface area contributed by atoms with Crippen LogP contribution in [0.2, 0.25) is 5.02 Å². The molecule has 0 spiro atoms. The number of benzene rings is 2. The zero-order valence-corrected chi connectivity index (χ0v) is 15.3. The number of carbonyl (C=O) groups excluding carboxylic acids is 1. The Labute approximate surface area is 155 Å². The molecule has 0 unspecified atom stereocenters. The molecule has 0 fully saturated rings. The maximum absolute atomic E-state index is 12.5. The molecule has 1 aromatic heterocycles. The lowest BCUT2D eigenvalue weighted by atomic mass is 10.2. The minimum Gasteiger partial charge on any atom is -0.469 e. The molecule has 2 aromatic carbocycles. The second kappa shape index (κ2) is 7.23. The highest BCUT2D eigenvalue weighted by atomic mass is 35.5. The highest BCUT2D eigenvalue weighted by molar-refractivity contribution is 7.92. The number of rotatable bonds is 5. The van der Waals surface area contributed by atoms with Gasteiger partial charge in [0.15, 0.2) is 0 Å². The molecule has 134 valence electrons. The molecule has 0 atom stereocenters. The number of carbonyl (C=O) groups is 1. The van der Waals surface area contributed by atoms with Gasteiger partial charge < -0.3 is 9.73 Å². The number of hydrogen-bond acceptors (Lipinski definition) is 4. The number of halogens is 1. The monoisotopic (exact) mass is 390 g/mol. The van der Waals surface area contributed by atoms with E-state index in [0.29, 0.717) is 27.7 Å². The maximum atomic E-state index is 12.5. The van der Waals surface area contributed by atoms with Crippen LogP contribution in [0.4, 0.5) is 11.4 Å². The van der Waals surface area contributed by atoms with E-state index in [1.807, 2.05) is 0 Å². The molecule has 0 saturated heterocycles. The smallest absolute Gasteiger partial charge is 0.261 e. The van der Waals surface area contributed by atoms with Crippen LogP contribution in [0, 0.1) is 6.92 Å². The Hall–Kier alpha value is -2.77. The lowest BCUT2D eigenvalue weighted by Gasteiger charge is -2.10. The van der Waals surface area contributed by atoms with Crippen LogP contribution < -0.4 is 10.0 Å². The van der Waals surface area contributed by atoms with Gasteiger partial charge in [0.05, 0.1) is 16.7 Å². The second-order valence-corrected chi connectivity index (χ2v) is 7.60. The second-order valence-electron chi connectivity index (χ2n) is 5.48. The molecule has 0 aliphatic carbocycles. The first-order valence-corrected chi connectivity index (χ1v) is 9.45. The Bertz CT molecular complexity index is 1040. The summed E-state index contributed by atoms with van der Waals surface area (Å²) in [5.41, 5.74) is 1.13. The molecule has 0 aliphatic rings. The summed E-state index contributed by atoms with van der Waals surface area (Å²) in [7, 11) is -3.81. The van der Waals surface area contributed by atoms with Crippen LogP contribution in [0.25, 0.3) is 0 Å². The van der Waals surface area contributed by atoms with Crippen LogP contribution in [0.1, 0.15) is 16.1 Å². The molecule has 3 rings (SSSR count). The van der Waals surface area contributed by atoms with Gasteiger partial charge in [-0.15, -0.1) is 0 Å². The Morgan fingerprint density at radius 2 is 1.77 bits per heavy atom. The van der Waals surface area contributed by atoms with Crippen molar-refractivity contribution in [2.75, 3.05) is 10.0 Å². The van der Waals surface area contributed by atoms with Crippen LogP contribution in [-0.4, -0.2) is 14.3 Å². The third kappa shape index (κ3) is 4.07. The fourth-order valence-electron chi connectivity index (χ4n) is 2.29. The van der Waals surface area contributed by atoms with Crippen molar-refractivity contribution in [3.8, 4) is 0 Å². The van der Waals surface area contributed by atoms with Gasteiger partial charge in [0, 0.05) is 16.4 Å². The average Bonchev–Trinajstić information content (AvgIpc) is 3.03. The minimum absolute atomic E-state index is 0.0224. The summed E-state index contributed by atoms with van der Waals surface area (Å²) in [5, 5.41) is 3.17. The van der Waals surface area contributed by atoms with E-state index < -0.39 is 10.0 Å². The molecular formula is C18H15ClN2O4S. The van der Waals surface area contributed by atoms with Crippen molar-refractivity contribution in [2.24, 2.45) is 0 Å². The molecule has 8 heteroatoms. The zero-order valence-electron chi connectivity index (χ0n) is 13.7. The fourth-order valence-corrected chi connectivity index (χ4v) is 3.52. The molecule has 1 amide bonds. The fraction of sp³-hybridized carbons (Fsp3) is 0.0556. The number of sulfonamides is 1. The Morgan fingerprint density at radius 3 is 2.42 bits per heavy atom. The minimum atomic E-state index is -3.81. The van der Waals surface area contributed by atoms with Crippen LogP contribution in [-0.2, 0) is 10.0 Å². The first-order chi connectivity index (χ1) is 12.3. The number of nitrogens with one attached hydrogen (secondary N) is 2. The van der Waals surface area contributed by atoms with Gasteiger partial charge in [-0.3, -0.25) is 9.52 Å². The van der Waals surface area contributed by atoms with Gasteiger partial charge in [0.25, 0.3) is 15.9 Å². The van der Waals surface area contributed by atoms with E-state index in [4.69, 9.17) is 16.0 Å². The first kappa shape index (κ1) is 18.0. The molecule has 26 heavy (non-hydrogen) atoms. The van der Waals surface area contributed by atoms with Crippen molar-refractivity contribution in [3.63, 3.8) is 0 Å². The Balaban J connectivity index is 1.80. The number of amides is 1. The van der Waals surface area contributed by atoms with E-state index in [0.717, 1.165) is 0 Å². The van der Waals surface area contributed by atoms with Gasteiger partial charge in [-0.1, -0.05) is 17.7 Å². The largest absolute Gasteiger partial charge is 0.469 e. The predicted octanol–water partition coefficient (Wildman–Crippen LogP) is 4.29. The van der Waals surface area contributed by atoms with Gasteiger partial charge in [-0.2, -0.15) is 0 Å². The summed E-state index contributed by atoms with van der Waals surface area (Å²) >= 11 is 5.80. The standard InChI is InChI=1S/C18H15ClN2O4S/c1-12-17(9-10-25-12)18(22)20-15-3-2-4-16(11-15)26(23,24)21-14-7-5-13(19)6-8-14/h2-11,21H,1H3,(H,20,22). The van der Waals surface area contributed by atoms with E-state index >= 15 is 0 Å². The highest BCUT2D eigenvalue weighted by Crippen LogP contribution is 2.21. The molecule has 3 aromatic rings. The topological polar surface area (TPSA) is 88.4 Å². The Morgan fingerprint density at radius 1 is 1.04 bits per heavy atom. The summed E-state index contributed by atoms with van der Waals surface area (Å²) in [6, 6.07) is 13.8. The third-order valence-electron chi connectivity index (χ3n) is 3.60. The van der Waals surface area contributed by atoms with E-state index in [1.165, 1.54) is 18.4 Å². The summed E-state index contributed by atoms with van der Waals surface area (Å²) < 4.78 is 32.6. The summed E-state index contributed by atoms with van der Waals surface area (Å²) in [5.74, 6) is 0.104. The summed E-state index contributed by atoms with van der Waals surface area (Å²) in [6.45, 7) is 1.67. The number of furan rings is 1. The summed E-state index contributed by atoms with van der Waals surface area (Å²) in [4.78, 5) is 12.3. The Kier molecular flexibility index (Phi) is 5.01. The quantitative estimate of drug-likeness (QED) is 0.680. The lowest BCUT2D eigenvalue weighted by molar-refractivity contribution is 0.102. The predicted molar refractivity (Wildman–Crippen MR) is 100 cm³/mol. The lowest BCUT2D eigenvalue weighted by Crippen LogP contribution is -2.15. The van der Waals surface area contributed by atoms with Crippen molar-refractivity contribution in [3.05, 3.63) is 77.2 Å². The highest BCUT2D eigenvalue weighted by Gasteiger charge is 2.16. The molecular weight excluding hydrogens is 376 g/mol. The van der Waals surface area contributed by atoms with Gasteiger partial charge >= 0.3 is 0 Å². The third-order valence-corrected chi connectivity index (χ3v) is 5.23. The van der Waals surface area contributed by atoms with Crippen LogP contribution in [0.3, 0.4) is 0 Å². The van der Waals surface area contributed by atoms with Crippen LogP contribution in [0.5, 0.6) is 0 Å². The van der Waals surface area contributed by atoms with Gasteiger partial charge in [0.2, 0.25) is 0 Å².